The summed E-state index contributed by atoms with van der Waals surface area (Å²) in [6.07, 6.45) is 3.75. The molecule has 0 saturated heterocycles. The van der Waals surface area contributed by atoms with Crippen LogP contribution in [0, 0.1) is 0 Å². The number of ether oxygens (including phenoxy) is 3. The van der Waals surface area contributed by atoms with Crippen LogP contribution < -0.4 is 14.2 Å². The highest BCUT2D eigenvalue weighted by Gasteiger charge is 2.18. The Morgan fingerprint density at radius 2 is 1.71 bits per heavy atom. The Balaban J connectivity index is 1.48. The fourth-order valence-electron chi connectivity index (χ4n) is 3.10. The SMILES string of the molecule is COc1cc(-c2nnc(CSc3nccn3Cc3ccccc3)o2)cc(OC)c1OC. The van der Waals surface area contributed by atoms with E-state index in [2.05, 4.69) is 31.9 Å². The molecule has 2 aromatic heterocycles. The third-order valence-electron chi connectivity index (χ3n) is 4.58. The van der Waals surface area contributed by atoms with Gasteiger partial charge in [0, 0.05) is 24.5 Å². The summed E-state index contributed by atoms with van der Waals surface area (Å²) in [6.45, 7) is 0.754. The van der Waals surface area contributed by atoms with Gasteiger partial charge in [0.15, 0.2) is 16.7 Å². The van der Waals surface area contributed by atoms with Crippen molar-refractivity contribution >= 4 is 11.8 Å². The number of imidazole rings is 1. The molecule has 0 aliphatic rings. The van der Waals surface area contributed by atoms with E-state index < -0.39 is 0 Å². The van der Waals surface area contributed by atoms with Crippen LogP contribution in [0.15, 0.2) is 64.4 Å². The summed E-state index contributed by atoms with van der Waals surface area (Å²) in [5.41, 5.74) is 1.90. The molecule has 2 heterocycles. The lowest BCUT2D eigenvalue weighted by atomic mass is 10.2. The number of nitrogens with zero attached hydrogens (tertiary/aromatic N) is 4. The summed E-state index contributed by atoms with van der Waals surface area (Å²) in [7, 11) is 4.69. The van der Waals surface area contributed by atoms with Crippen molar-refractivity contribution < 1.29 is 18.6 Å². The highest BCUT2D eigenvalue weighted by Crippen LogP contribution is 2.41. The maximum Gasteiger partial charge on any atom is 0.248 e. The fourth-order valence-corrected chi connectivity index (χ4v) is 3.89. The van der Waals surface area contributed by atoms with Crippen molar-refractivity contribution in [2.45, 2.75) is 17.5 Å². The van der Waals surface area contributed by atoms with Gasteiger partial charge in [0.05, 0.1) is 27.1 Å². The molecule has 4 aromatic rings. The first-order valence-electron chi connectivity index (χ1n) is 9.52. The Morgan fingerprint density at radius 3 is 2.39 bits per heavy atom. The highest BCUT2D eigenvalue weighted by atomic mass is 32.2. The average molecular weight is 439 g/mol. The fraction of sp³-hybridized carbons (Fsp3) is 0.227. The van der Waals surface area contributed by atoms with Crippen molar-refractivity contribution in [2.75, 3.05) is 21.3 Å². The lowest BCUT2D eigenvalue weighted by molar-refractivity contribution is 0.324. The molecule has 0 amide bonds. The highest BCUT2D eigenvalue weighted by molar-refractivity contribution is 7.98. The van der Waals surface area contributed by atoms with Gasteiger partial charge >= 0.3 is 0 Å². The summed E-state index contributed by atoms with van der Waals surface area (Å²) in [4.78, 5) is 4.45. The summed E-state index contributed by atoms with van der Waals surface area (Å²) >= 11 is 1.54. The van der Waals surface area contributed by atoms with Crippen LogP contribution in [-0.2, 0) is 12.3 Å². The molecule has 4 rings (SSSR count). The van der Waals surface area contributed by atoms with Crippen LogP contribution in [0.3, 0.4) is 0 Å². The predicted octanol–water partition coefficient (Wildman–Crippen LogP) is 4.30. The summed E-state index contributed by atoms with van der Waals surface area (Å²) in [6, 6.07) is 13.8. The van der Waals surface area contributed by atoms with E-state index in [0.717, 1.165) is 11.7 Å². The number of thioether (sulfide) groups is 1. The first-order chi connectivity index (χ1) is 15.2. The Labute approximate surface area is 184 Å². The topological polar surface area (TPSA) is 84.4 Å². The van der Waals surface area contributed by atoms with Crippen molar-refractivity contribution in [1.82, 2.24) is 19.7 Å². The molecule has 0 spiro atoms. The number of benzene rings is 2. The molecule has 0 aliphatic heterocycles. The molecule has 31 heavy (non-hydrogen) atoms. The van der Waals surface area contributed by atoms with E-state index in [4.69, 9.17) is 18.6 Å². The van der Waals surface area contributed by atoms with Crippen molar-refractivity contribution in [2.24, 2.45) is 0 Å². The van der Waals surface area contributed by atoms with Gasteiger partial charge in [0.2, 0.25) is 17.5 Å². The molecule has 2 aromatic carbocycles. The zero-order valence-corrected chi connectivity index (χ0v) is 18.3. The standard InChI is InChI=1S/C22H22N4O4S/c1-27-17-11-16(12-18(28-2)20(17)29-3)21-25-24-19(30-21)14-31-22-23-9-10-26(22)13-15-7-5-4-6-8-15/h4-12H,13-14H2,1-3H3. The molecule has 8 nitrogen and oxygen atoms in total. The van der Waals surface area contributed by atoms with E-state index in [1.165, 1.54) is 5.56 Å². The van der Waals surface area contributed by atoms with Gasteiger partial charge in [-0.1, -0.05) is 42.1 Å². The summed E-state index contributed by atoms with van der Waals surface area (Å²) in [5.74, 6) is 2.94. The Kier molecular flexibility index (Phi) is 6.42. The molecule has 0 radical (unpaired) electrons. The minimum atomic E-state index is 0.377. The summed E-state index contributed by atoms with van der Waals surface area (Å²) < 4.78 is 24.1. The second-order valence-electron chi connectivity index (χ2n) is 6.53. The normalized spacial score (nSPS) is 10.8. The van der Waals surface area contributed by atoms with Gasteiger partial charge in [-0.15, -0.1) is 10.2 Å². The molecule has 0 fully saturated rings. The van der Waals surface area contributed by atoms with Gasteiger partial charge < -0.3 is 23.2 Å². The number of methoxy groups -OCH3 is 3. The molecular formula is C22H22N4O4S. The zero-order valence-electron chi connectivity index (χ0n) is 17.4. The largest absolute Gasteiger partial charge is 0.493 e. The molecule has 0 bridgehead atoms. The maximum atomic E-state index is 5.87. The first kappa shape index (κ1) is 20.8. The second kappa shape index (κ2) is 9.57. The first-order valence-corrected chi connectivity index (χ1v) is 10.5. The molecule has 0 atom stereocenters. The van der Waals surface area contributed by atoms with Crippen molar-refractivity contribution in [1.29, 1.82) is 0 Å². The Morgan fingerprint density at radius 1 is 0.968 bits per heavy atom. The molecular weight excluding hydrogens is 416 g/mol. The van der Waals surface area contributed by atoms with Gasteiger partial charge in [-0.05, 0) is 17.7 Å². The predicted molar refractivity (Wildman–Crippen MR) is 117 cm³/mol. The zero-order chi connectivity index (χ0) is 21.6. The Bertz CT molecular complexity index is 1120. The van der Waals surface area contributed by atoms with E-state index in [0.29, 0.717) is 40.3 Å². The average Bonchev–Trinajstić information content (AvgIpc) is 3.46. The lowest BCUT2D eigenvalue weighted by Crippen LogP contribution is -2.00. The van der Waals surface area contributed by atoms with Crippen LogP contribution in [0.4, 0.5) is 0 Å². The van der Waals surface area contributed by atoms with Gasteiger partial charge in [-0.2, -0.15) is 0 Å². The van der Waals surface area contributed by atoms with Crippen LogP contribution in [0.5, 0.6) is 17.2 Å². The smallest absolute Gasteiger partial charge is 0.248 e. The van der Waals surface area contributed by atoms with E-state index in [1.54, 1.807) is 51.4 Å². The number of rotatable bonds is 9. The maximum absolute atomic E-state index is 5.87. The lowest BCUT2D eigenvalue weighted by Gasteiger charge is -2.12. The molecule has 0 unspecified atom stereocenters. The molecule has 0 saturated carbocycles. The van der Waals surface area contributed by atoms with E-state index in [1.807, 2.05) is 24.4 Å². The number of hydrogen-bond donors (Lipinski definition) is 0. The second-order valence-corrected chi connectivity index (χ2v) is 7.47. The molecule has 0 aliphatic carbocycles. The van der Waals surface area contributed by atoms with Crippen molar-refractivity contribution in [3.8, 4) is 28.7 Å². The molecule has 0 N–H and O–H groups in total. The number of hydrogen-bond acceptors (Lipinski definition) is 8. The summed E-state index contributed by atoms with van der Waals surface area (Å²) in [5, 5.41) is 9.23. The van der Waals surface area contributed by atoms with E-state index in [-0.39, 0.29) is 0 Å². The monoisotopic (exact) mass is 438 g/mol. The van der Waals surface area contributed by atoms with Crippen LogP contribution in [0.1, 0.15) is 11.5 Å². The van der Waals surface area contributed by atoms with Gasteiger partial charge in [-0.3, -0.25) is 0 Å². The van der Waals surface area contributed by atoms with Gasteiger partial charge in [0.1, 0.15) is 0 Å². The van der Waals surface area contributed by atoms with Gasteiger partial charge in [-0.25, -0.2) is 4.98 Å². The molecule has 160 valence electrons. The minimum absolute atomic E-state index is 0.377. The van der Waals surface area contributed by atoms with Crippen LogP contribution >= 0.6 is 11.8 Å². The third-order valence-corrected chi connectivity index (χ3v) is 5.57. The quantitative estimate of drug-likeness (QED) is 0.358. The van der Waals surface area contributed by atoms with E-state index >= 15 is 0 Å². The Hall–Kier alpha value is -3.46. The van der Waals surface area contributed by atoms with E-state index in [9.17, 15) is 0 Å². The van der Waals surface area contributed by atoms with Crippen LogP contribution in [0.25, 0.3) is 11.5 Å². The van der Waals surface area contributed by atoms with Crippen molar-refractivity contribution in [3.63, 3.8) is 0 Å². The van der Waals surface area contributed by atoms with Crippen LogP contribution in [0.2, 0.25) is 0 Å². The van der Waals surface area contributed by atoms with Crippen LogP contribution in [-0.4, -0.2) is 41.1 Å². The number of aromatic nitrogens is 4. The minimum Gasteiger partial charge on any atom is -0.493 e. The van der Waals surface area contributed by atoms with Gasteiger partial charge in [0.25, 0.3) is 0 Å². The molecule has 9 heteroatoms. The van der Waals surface area contributed by atoms with Crippen molar-refractivity contribution in [3.05, 3.63) is 66.3 Å². The third kappa shape index (κ3) is 4.66.